The molecule has 23 heavy (non-hydrogen) atoms. The number of amides is 1. The Labute approximate surface area is 137 Å². The molecule has 0 aliphatic rings. The Morgan fingerprint density at radius 3 is 2.65 bits per heavy atom. The zero-order valence-corrected chi connectivity index (χ0v) is 13.0. The number of nitrogens with one attached hydrogen (secondary N) is 2. The number of anilines is 2. The Morgan fingerprint density at radius 2 is 2.00 bits per heavy atom. The highest BCUT2D eigenvalue weighted by Gasteiger charge is 2.17. The van der Waals surface area contributed by atoms with Crippen LogP contribution >= 0.6 is 11.6 Å². The first-order valence-electron chi connectivity index (χ1n) is 6.62. The Morgan fingerprint density at radius 1 is 1.26 bits per heavy atom. The van der Waals surface area contributed by atoms with Gasteiger partial charge in [0.2, 0.25) is 5.91 Å². The number of halogens is 1. The molecule has 7 nitrogen and oxygen atoms in total. The molecule has 0 aromatic heterocycles. The molecule has 2 aromatic rings. The maximum atomic E-state index is 12.0. The maximum absolute atomic E-state index is 12.0. The Kier molecular flexibility index (Phi) is 5.37. The number of hydrogen-bond acceptors (Lipinski definition) is 5. The summed E-state index contributed by atoms with van der Waals surface area (Å²) in [7, 11) is 1.41. The van der Waals surface area contributed by atoms with Crippen LogP contribution in [0.15, 0.2) is 42.5 Å². The van der Waals surface area contributed by atoms with Gasteiger partial charge in [-0.25, -0.2) is 0 Å². The van der Waals surface area contributed by atoms with Crippen LogP contribution in [0.3, 0.4) is 0 Å². The molecule has 0 unspecified atom stereocenters. The molecule has 8 heteroatoms. The topological polar surface area (TPSA) is 93.5 Å². The van der Waals surface area contributed by atoms with E-state index in [1.54, 1.807) is 24.3 Å². The average molecular weight is 336 g/mol. The van der Waals surface area contributed by atoms with Crippen molar-refractivity contribution in [3.63, 3.8) is 0 Å². The smallest absolute Gasteiger partial charge is 0.296 e. The SMILES string of the molecule is COc1ccc(NC(=O)CNc2ccccc2Cl)c([N+](=O)[O-])c1. The predicted molar refractivity (Wildman–Crippen MR) is 88.2 cm³/mol. The average Bonchev–Trinajstić information content (AvgIpc) is 2.54. The molecule has 0 spiro atoms. The molecule has 0 radical (unpaired) electrons. The van der Waals surface area contributed by atoms with Crippen molar-refractivity contribution in [1.29, 1.82) is 0 Å². The zero-order chi connectivity index (χ0) is 16.8. The lowest BCUT2D eigenvalue weighted by Crippen LogP contribution is -2.22. The lowest BCUT2D eigenvalue weighted by molar-refractivity contribution is -0.384. The van der Waals surface area contributed by atoms with Crippen LogP contribution in [0.4, 0.5) is 17.1 Å². The molecular weight excluding hydrogens is 322 g/mol. The van der Waals surface area contributed by atoms with Crippen LogP contribution in [-0.4, -0.2) is 24.5 Å². The van der Waals surface area contributed by atoms with Gasteiger partial charge < -0.3 is 15.4 Å². The van der Waals surface area contributed by atoms with Crippen molar-refractivity contribution in [2.75, 3.05) is 24.3 Å². The van der Waals surface area contributed by atoms with E-state index in [0.717, 1.165) is 0 Å². The van der Waals surface area contributed by atoms with Gasteiger partial charge in [0.1, 0.15) is 11.4 Å². The van der Waals surface area contributed by atoms with E-state index in [1.165, 1.54) is 25.3 Å². The van der Waals surface area contributed by atoms with Crippen molar-refractivity contribution < 1.29 is 14.5 Å². The molecule has 2 rings (SSSR count). The van der Waals surface area contributed by atoms with Crippen LogP contribution in [0.25, 0.3) is 0 Å². The van der Waals surface area contributed by atoms with Crippen LogP contribution < -0.4 is 15.4 Å². The number of benzene rings is 2. The second-order valence-electron chi connectivity index (χ2n) is 4.52. The summed E-state index contributed by atoms with van der Waals surface area (Å²) in [6, 6.07) is 11.2. The van der Waals surface area contributed by atoms with Gasteiger partial charge in [-0.05, 0) is 24.3 Å². The van der Waals surface area contributed by atoms with E-state index in [9.17, 15) is 14.9 Å². The van der Waals surface area contributed by atoms with E-state index in [-0.39, 0.29) is 17.9 Å². The summed E-state index contributed by atoms with van der Waals surface area (Å²) in [5, 5.41) is 16.9. The minimum absolute atomic E-state index is 0.0765. The summed E-state index contributed by atoms with van der Waals surface area (Å²) >= 11 is 5.97. The van der Waals surface area contributed by atoms with Crippen LogP contribution in [0.2, 0.25) is 5.02 Å². The summed E-state index contributed by atoms with van der Waals surface area (Å²) < 4.78 is 4.94. The summed E-state index contributed by atoms with van der Waals surface area (Å²) in [6.07, 6.45) is 0. The van der Waals surface area contributed by atoms with E-state index in [1.807, 2.05) is 0 Å². The highest BCUT2D eigenvalue weighted by atomic mass is 35.5. The van der Waals surface area contributed by atoms with E-state index in [2.05, 4.69) is 10.6 Å². The van der Waals surface area contributed by atoms with Gasteiger partial charge in [0.25, 0.3) is 5.69 Å². The number of rotatable bonds is 6. The summed E-state index contributed by atoms with van der Waals surface area (Å²) in [4.78, 5) is 22.4. The number of nitrogens with zero attached hydrogens (tertiary/aromatic N) is 1. The number of nitro benzene ring substituents is 1. The normalized spacial score (nSPS) is 10.0. The number of nitro groups is 1. The first kappa shape index (κ1) is 16.6. The number of hydrogen-bond donors (Lipinski definition) is 2. The fraction of sp³-hybridized carbons (Fsp3) is 0.133. The summed E-state index contributed by atoms with van der Waals surface area (Å²) in [5.41, 5.74) is 0.464. The number of ether oxygens (including phenoxy) is 1. The molecule has 0 saturated heterocycles. The molecule has 0 aliphatic carbocycles. The van der Waals surface area contributed by atoms with Gasteiger partial charge in [-0.1, -0.05) is 23.7 Å². The van der Waals surface area contributed by atoms with Gasteiger partial charge in [0.05, 0.1) is 35.4 Å². The second kappa shape index (κ2) is 7.46. The maximum Gasteiger partial charge on any atom is 0.296 e. The van der Waals surface area contributed by atoms with Crippen LogP contribution in [0.1, 0.15) is 0 Å². The van der Waals surface area contributed by atoms with Crippen molar-refractivity contribution >= 4 is 34.6 Å². The second-order valence-corrected chi connectivity index (χ2v) is 4.93. The van der Waals surface area contributed by atoms with E-state index < -0.39 is 10.8 Å². The largest absolute Gasteiger partial charge is 0.496 e. The predicted octanol–water partition coefficient (Wildman–Crippen LogP) is 3.31. The highest BCUT2D eigenvalue weighted by Crippen LogP contribution is 2.29. The highest BCUT2D eigenvalue weighted by molar-refractivity contribution is 6.33. The quantitative estimate of drug-likeness (QED) is 0.624. The molecule has 1 amide bonds. The van der Waals surface area contributed by atoms with Crippen LogP contribution in [0.5, 0.6) is 5.75 Å². The van der Waals surface area contributed by atoms with E-state index in [0.29, 0.717) is 16.5 Å². The fourth-order valence-corrected chi connectivity index (χ4v) is 2.07. The Hall–Kier alpha value is -2.80. The van der Waals surface area contributed by atoms with Gasteiger partial charge in [-0.3, -0.25) is 14.9 Å². The lowest BCUT2D eigenvalue weighted by atomic mass is 10.2. The first-order chi connectivity index (χ1) is 11.0. The van der Waals surface area contributed by atoms with Crippen molar-refractivity contribution in [1.82, 2.24) is 0 Å². The molecule has 120 valence electrons. The van der Waals surface area contributed by atoms with Gasteiger partial charge in [0, 0.05) is 0 Å². The van der Waals surface area contributed by atoms with E-state index in [4.69, 9.17) is 16.3 Å². The minimum atomic E-state index is -0.584. The van der Waals surface area contributed by atoms with Gasteiger partial charge >= 0.3 is 0 Å². The fourth-order valence-electron chi connectivity index (χ4n) is 1.87. The van der Waals surface area contributed by atoms with Crippen LogP contribution in [-0.2, 0) is 4.79 Å². The van der Waals surface area contributed by atoms with E-state index >= 15 is 0 Å². The Bertz CT molecular complexity index is 736. The third kappa shape index (κ3) is 4.33. The summed E-state index contributed by atoms with van der Waals surface area (Å²) in [6.45, 7) is -0.0765. The summed E-state index contributed by atoms with van der Waals surface area (Å²) in [5.74, 6) is -0.0953. The molecule has 0 fully saturated rings. The molecule has 2 N–H and O–H groups in total. The molecular formula is C15H14ClN3O4. The lowest BCUT2D eigenvalue weighted by Gasteiger charge is -2.10. The minimum Gasteiger partial charge on any atom is -0.496 e. The van der Waals surface area contributed by atoms with Gasteiger partial charge in [-0.2, -0.15) is 0 Å². The van der Waals surface area contributed by atoms with Crippen molar-refractivity contribution in [2.24, 2.45) is 0 Å². The van der Waals surface area contributed by atoms with Crippen molar-refractivity contribution in [3.05, 3.63) is 57.6 Å². The van der Waals surface area contributed by atoms with Crippen molar-refractivity contribution in [2.45, 2.75) is 0 Å². The number of carbonyl (C=O) groups excluding carboxylic acids is 1. The molecule has 0 saturated carbocycles. The number of methoxy groups -OCH3 is 1. The monoisotopic (exact) mass is 335 g/mol. The standard InChI is InChI=1S/C15H14ClN3O4/c1-23-10-6-7-13(14(8-10)19(21)22)18-15(20)9-17-12-5-3-2-4-11(12)16/h2-8,17H,9H2,1H3,(H,18,20). The number of carbonyl (C=O) groups is 1. The molecule has 0 aliphatic heterocycles. The van der Waals surface area contributed by atoms with Crippen LogP contribution in [0, 0.1) is 10.1 Å². The third-order valence-corrected chi connectivity index (χ3v) is 3.32. The van der Waals surface area contributed by atoms with Gasteiger partial charge in [0.15, 0.2) is 0 Å². The molecule has 0 heterocycles. The third-order valence-electron chi connectivity index (χ3n) is 2.99. The van der Waals surface area contributed by atoms with Gasteiger partial charge in [-0.15, -0.1) is 0 Å². The molecule has 0 bridgehead atoms. The Balaban J connectivity index is 2.05. The first-order valence-corrected chi connectivity index (χ1v) is 6.99. The molecule has 0 atom stereocenters. The number of para-hydroxylation sites is 1. The molecule has 2 aromatic carbocycles. The zero-order valence-electron chi connectivity index (χ0n) is 12.2. The van der Waals surface area contributed by atoms with Crippen molar-refractivity contribution in [3.8, 4) is 5.75 Å².